The molecule has 0 bridgehead atoms. The molecule has 34 heavy (non-hydrogen) atoms. The predicted molar refractivity (Wildman–Crippen MR) is 130 cm³/mol. The van der Waals surface area contributed by atoms with Gasteiger partial charge in [-0.05, 0) is 59.2 Å². The Kier molecular flexibility index (Phi) is 5.35. The Bertz CT molecular complexity index is 1740. The summed E-state index contributed by atoms with van der Waals surface area (Å²) in [6.45, 7) is 0.317. The first-order chi connectivity index (χ1) is 16.3. The topological polar surface area (TPSA) is 124 Å². The Hall–Kier alpha value is -4.08. The van der Waals surface area contributed by atoms with E-state index in [0.29, 0.717) is 29.4 Å². The van der Waals surface area contributed by atoms with E-state index in [0.717, 1.165) is 16.3 Å². The molecule has 170 valence electrons. The number of sulfonamides is 1. The second-order valence-corrected chi connectivity index (χ2v) is 9.51. The molecule has 2 heterocycles. The summed E-state index contributed by atoms with van der Waals surface area (Å²) in [5.74, 6) is -0.355. The van der Waals surface area contributed by atoms with Crippen LogP contribution in [0.2, 0.25) is 0 Å². The number of hydrogen-bond acceptors (Lipinski definition) is 5. The first kappa shape index (κ1) is 21.7. The van der Waals surface area contributed by atoms with Gasteiger partial charge in [-0.1, -0.05) is 36.4 Å². The smallest absolute Gasteiger partial charge is 0.265 e. The highest BCUT2D eigenvalue weighted by atomic mass is 32.2. The lowest BCUT2D eigenvalue weighted by atomic mass is 10.1. The maximum atomic E-state index is 13.1. The molecule has 9 heteroatoms. The number of carbonyl (C=O) groups is 1. The van der Waals surface area contributed by atoms with Crippen LogP contribution in [0.1, 0.15) is 15.9 Å². The van der Waals surface area contributed by atoms with Crippen LogP contribution in [-0.2, 0) is 16.4 Å². The number of aromatic nitrogens is 2. The molecule has 1 amide bonds. The summed E-state index contributed by atoms with van der Waals surface area (Å²) in [7, 11) is -3.75. The fraction of sp³-hybridized carbons (Fsp3) is 0.0800. The second kappa shape index (κ2) is 8.36. The third-order valence-corrected chi connectivity index (χ3v) is 6.63. The van der Waals surface area contributed by atoms with Gasteiger partial charge in [-0.15, -0.1) is 0 Å². The van der Waals surface area contributed by atoms with Crippen LogP contribution >= 0.6 is 0 Å². The molecule has 0 aliphatic heterocycles. The molecule has 0 radical (unpaired) electrons. The number of fused-ring (bicyclic) bond motifs is 3. The van der Waals surface area contributed by atoms with Crippen molar-refractivity contribution in [2.45, 2.75) is 11.3 Å². The number of nitrogens with one attached hydrogen (secondary N) is 1. The third-order valence-electron chi connectivity index (χ3n) is 5.70. The predicted octanol–water partition coefficient (Wildman–Crippen LogP) is 2.62. The number of hydrogen-bond donors (Lipinski definition) is 2. The Morgan fingerprint density at radius 2 is 1.68 bits per heavy atom. The molecular weight excluding hydrogens is 452 g/mol. The number of carbonyl (C=O) groups excluding carboxylic acids is 1. The lowest BCUT2D eigenvalue weighted by Gasteiger charge is -2.10. The van der Waals surface area contributed by atoms with Crippen molar-refractivity contribution >= 4 is 43.3 Å². The van der Waals surface area contributed by atoms with Crippen LogP contribution in [0.3, 0.4) is 0 Å². The highest BCUT2D eigenvalue weighted by Gasteiger charge is 2.15. The molecule has 0 aliphatic rings. The Morgan fingerprint density at radius 1 is 0.971 bits per heavy atom. The molecule has 0 atom stereocenters. The Labute approximate surface area is 194 Å². The van der Waals surface area contributed by atoms with Crippen molar-refractivity contribution in [1.82, 2.24) is 14.7 Å². The van der Waals surface area contributed by atoms with Crippen LogP contribution in [0.5, 0.6) is 0 Å². The fourth-order valence-corrected chi connectivity index (χ4v) is 4.47. The first-order valence-corrected chi connectivity index (χ1v) is 12.1. The highest BCUT2D eigenvalue weighted by molar-refractivity contribution is 7.89. The largest absolute Gasteiger partial charge is 0.352 e. The van der Waals surface area contributed by atoms with Gasteiger partial charge in [0.05, 0.1) is 21.4 Å². The number of amides is 1. The zero-order valence-corrected chi connectivity index (χ0v) is 18.7. The standard InChI is InChI=1S/C25H20N4O4S/c26-34(32,33)19-9-7-16(8-10-19)11-12-27-24(30)20-6-3-13-29-23(20)28-22-15-18-5-2-1-4-17(18)14-21(22)25(29)31/h1-10,13-15H,11-12H2,(H,27,30)(H2,26,32,33). The summed E-state index contributed by atoms with van der Waals surface area (Å²) in [6, 6.07) is 20.8. The van der Waals surface area contributed by atoms with Crippen LogP contribution in [0.25, 0.3) is 27.3 Å². The number of pyridine rings is 1. The van der Waals surface area contributed by atoms with E-state index >= 15 is 0 Å². The average Bonchev–Trinajstić information content (AvgIpc) is 2.82. The summed E-state index contributed by atoms with van der Waals surface area (Å²) in [6.07, 6.45) is 2.09. The van der Waals surface area contributed by atoms with Crippen LogP contribution in [0, 0.1) is 0 Å². The van der Waals surface area contributed by atoms with Crippen LogP contribution in [0.4, 0.5) is 0 Å². The number of primary sulfonamides is 1. The van der Waals surface area contributed by atoms with Crippen molar-refractivity contribution in [3.8, 4) is 0 Å². The Balaban J connectivity index is 1.43. The minimum absolute atomic E-state index is 0.0348. The molecular formula is C25H20N4O4S. The molecule has 3 N–H and O–H groups in total. The van der Waals surface area contributed by atoms with Gasteiger partial charge >= 0.3 is 0 Å². The van der Waals surface area contributed by atoms with Gasteiger partial charge < -0.3 is 5.32 Å². The number of nitrogens with zero attached hydrogens (tertiary/aromatic N) is 2. The molecule has 3 aromatic carbocycles. The summed E-state index contributed by atoms with van der Waals surface area (Å²) < 4.78 is 24.1. The van der Waals surface area contributed by atoms with Crippen molar-refractivity contribution in [1.29, 1.82) is 0 Å². The maximum Gasteiger partial charge on any atom is 0.265 e. The van der Waals surface area contributed by atoms with E-state index in [1.165, 1.54) is 16.5 Å². The van der Waals surface area contributed by atoms with Gasteiger partial charge in [0.25, 0.3) is 11.5 Å². The molecule has 8 nitrogen and oxygen atoms in total. The van der Waals surface area contributed by atoms with Crippen molar-refractivity contribution in [3.63, 3.8) is 0 Å². The summed E-state index contributed by atoms with van der Waals surface area (Å²) >= 11 is 0. The van der Waals surface area contributed by atoms with Gasteiger partial charge in [0.15, 0.2) is 5.65 Å². The molecule has 0 fully saturated rings. The third kappa shape index (κ3) is 4.02. The fourth-order valence-electron chi connectivity index (χ4n) is 3.95. The lowest BCUT2D eigenvalue weighted by Crippen LogP contribution is -2.27. The van der Waals surface area contributed by atoms with E-state index in [2.05, 4.69) is 10.3 Å². The lowest BCUT2D eigenvalue weighted by molar-refractivity contribution is 0.0955. The molecule has 2 aromatic heterocycles. The van der Waals surface area contributed by atoms with Gasteiger partial charge in [0, 0.05) is 12.7 Å². The number of rotatable bonds is 5. The van der Waals surface area contributed by atoms with Gasteiger partial charge in [0.1, 0.15) is 0 Å². The van der Waals surface area contributed by atoms with Gasteiger partial charge in [-0.2, -0.15) is 0 Å². The summed E-state index contributed by atoms with van der Waals surface area (Å²) in [4.78, 5) is 30.8. The van der Waals surface area contributed by atoms with E-state index in [4.69, 9.17) is 5.14 Å². The normalized spacial score (nSPS) is 11.8. The van der Waals surface area contributed by atoms with E-state index < -0.39 is 10.0 Å². The van der Waals surface area contributed by atoms with Crippen molar-refractivity contribution in [2.75, 3.05) is 6.54 Å². The molecule has 0 saturated carbocycles. The van der Waals surface area contributed by atoms with Gasteiger partial charge in [-0.3, -0.25) is 14.0 Å². The average molecular weight is 473 g/mol. The molecule has 0 unspecified atom stereocenters. The van der Waals surface area contributed by atoms with Gasteiger partial charge in [0.2, 0.25) is 10.0 Å². The van der Waals surface area contributed by atoms with E-state index in [-0.39, 0.29) is 22.0 Å². The van der Waals surface area contributed by atoms with Crippen LogP contribution < -0.4 is 16.0 Å². The first-order valence-electron chi connectivity index (χ1n) is 10.5. The van der Waals surface area contributed by atoms with Crippen LogP contribution in [0.15, 0.2) is 88.7 Å². The van der Waals surface area contributed by atoms with Crippen molar-refractivity contribution < 1.29 is 13.2 Å². The van der Waals surface area contributed by atoms with E-state index in [9.17, 15) is 18.0 Å². The number of benzene rings is 3. The molecule has 0 spiro atoms. The highest BCUT2D eigenvalue weighted by Crippen LogP contribution is 2.20. The van der Waals surface area contributed by atoms with E-state index in [1.807, 2.05) is 36.4 Å². The molecule has 0 saturated heterocycles. The summed E-state index contributed by atoms with van der Waals surface area (Å²) in [5, 5.41) is 10.3. The SMILES string of the molecule is NS(=O)(=O)c1ccc(CCNC(=O)c2cccn3c(=O)c4cc5ccccc5cc4nc23)cc1. The maximum absolute atomic E-state index is 13.1. The molecule has 5 aromatic rings. The minimum atomic E-state index is -3.75. The summed E-state index contributed by atoms with van der Waals surface area (Å²) in [5.41, 5.74) is 1.71. The molecule has 0 aliphatic carbocycles. The van der Waals surface area contributed by atoms with Crippen molar-refractivity contribution in [3.05, 3.63) is 100 Å². The molecule has 5 rings (SSSR count). The minimum Gasteiger partial charge on any atom is -0.352 e. The van der Waals surface area contributed by atoms with Gasteiger partial charge in [-0.25, -0.2) is 18.5 Å². The van der Waals surface area contributed by atoms with Crippen LogP contribution in [-0.4, -0.2) is 30.3 Å². The second-order valence-electron chi connectivity index (χ2n) is 7.94. The van der Waals surface area contributed by atoms with E-state index in [1.54, 1.807) is 30.5 Å². The zero-order chi connectivity index (χ0) is 23.9. The zero-order valence-electron chi connectivity index (χ0n) is 17.9. The van der Waals surface area contributed by atoms with Crippen molar-refractivity contribution in [2.24, 2.45) is 5.14 Å². The monoisotopic (exact) mass is 472 g/mol. The Morgan fingerprint density at radius 3 is 2.38 bits per heavy atom. The number of nitrogens with two attached hydrogens (primary N) is 1. The quantitative estimate of drug-likeness (QED) is 0.381.